The predicted molar refractivity (Wildman–Crippen MR) is 122 cm³/mol. The summed E-state index contributed by atoms with van der Waals surface area (Å²) >= 11 is 1.74. The Morgan fingerprint density at radius 1 is 1.07 bits per heavy atom. The van der Waals surface area contributed by atoms with Gasteiger partial charge in [0.2, 0.25) is 17.7 Å². The summed E-state index contributed by atoms with van der Waals surface area (Å²) < 4.78 is 0. The zero-order valence-electron chi connectivity index (χ0n) is 17.5. The van der Waals surface area contributed by atoms with Gasteiger partial charge in [0.05, 0.1) is 5.69 Å². The van der Waals surface area contributed by atoms with Gasteiger partial charge in [0, 0.05) is 47.3 Å². The molecule has 6 nitrogen and oxygen atoms in total. The smallest absolute Gasteiger partial charge is 0.227 e. The maximum absolute atomic E-state index is 12.7. The number of hydrogen-bond donors (Lipinski definition) is 2. The highest BCUT2D eigenvalue weighted by molar-refractivity contribution is 7.99. The van der Waals surface area contributed by atoms with Crippen LogP contribution in [0.2, 0.25) is 0 Å². The van der Waals surface area contributed by atoms with Crippen LogP contribution < -0.4 is 15.5 Å². The van der Waals surface area contributed by atoms with Crippen LogP contribution in [0.1, 0.15) is 32.3 Å². The summed E-state index contributed by atoms with van der Waals surface area (Å²) in [7, 11) is 0. The van der Waals surface area contributed by atoms with Crippen LogP contribution in [0.5, 0.6) is 0 Å². The Morgan fingerprint density at radius 2 is 1.83 bits per heavy atom. The first-order valence-electron chi connectivity index (χ1n) is 10.1. The van der Waals surface area contributed by atoms with Gasteiger partial charge in [0.15, 0.2) is 0 Å². The number of nitrogens with one attached hydrogen (secondary N) is 2. The lowest BCUT2D eigenvalue weighted by Gasteiger charge is -2.29. The number of anilines is 3. The van der Waals surface area contributed by atoms with Gasteiger partial charge in [-0.05, 0) is 36.8 Å². The molecule has 158 valence electrons. The van der Waals surface area contributed by atoms with Crippen molar-refractivity contribution in [1.29, 1.82) is 0 Å². The SMILES string of the molecule is Cc1ccc(NC(=O)C(C)C)cc1NC(=O)CCC(=O)N1CCSc2ccccc21. The van der Waals surface area contributed by atoms with Crippen molar-refractivity contribution >= 4 is 46.5 Å². The highest BCUT2D eigenvalue weighted by atomic mass is 32.2. The monoisotopic (exact) mass is 425 g/mol. The number of aryl methyl sites for hydroxylation is 1. The highest BCUT2D eigenvalue weighted by Gasteiger charge is 2.23. The molecule has 7 heteroatoms. The van der Waals surface area contributed by atoms with E-state index in [9.17, 15) is 14.4 Å². The summed E-state index contributed by atoms with van der Waals surface area (Å²) in [5.74, 6) is 0.365. The van der Waals surface area contributed by atoms with Crippen LogP contribution in [0.3, 0.4) is 0 Å². The van der Waals surface area contributed by atoms with Crippen LogP contribution in [-0.2, 0) is 14.4 Å². The molecule has 0 saturated carbocycles. The lowest BCUT2D eigenvalue weighted by atomic mass is 10.1. The molecule has 0 unspecified atom stereocenters. The van der Waals surface area contributed by atoms with Gasteiger partial charge in [-0.2, -0.15) is 0 Å². The fourth-order valence-electron chi connectivity index (χ4n) is 3.12. The molecule has 2 aromatic carbocycles. The first-order chi connectivity index (χ1) is 14.3. The molecule has 0 aromatic heterocycles. The Kier molecular flexibility index (Phi) is 7.15. The van der Waals surface area contributed by atoms with Crippen molar-refractivity contribution in [2.24, 2.45) is 5.92 Å². The largest absolute Gasteiger partial charge is 0.326 e. The Morgan fingerprint density at radius 3 is 2.60 bits per heavy atom. The van der Waals surface area contributed by atoms with Crippen LogP contribution in [0.4, 0.5) is 17.1 Å². The summed E-state index contributed by atoms with van der Waals surface area (Å²) in [6.45, 7) is 6.18. The Balaban J connectivity index is 1.59. The summed E-state index contributed by atoms with van der Waals surface area (Å²) in [5.41, 5.74) is 3.07. The fourth-order valence-corrected chi connectivity index (χ4v) is 4.11. The minimum atomic E-state index is -0.224. The van der Waals surface area contributed by atoms with Crippen molar-refractivity contribution in [3.63, 3.8) is 0 Å². The molecule has 3 rings (SSSR count). The molecule has 2 aromatic rings. The first kappa shape index (κ1) is 21.9. The van der Waals surface area contributed by atoms with Crippen molar-refractivity contribution in [3.05, 3.63) is 48.0 Å². The number of thioether (sulfide) groups is 1. The zero-order chi connectivity index (χ0) is 21.7. The number of carbonyl (C=O) groups is 3. The van der Waals surface area contributed by atoms with E-state index in [4.69, 9.17) is 0 Å². The van der Waals surface area contributed by atoms with Crippen LogP contribution in [-0.4, -0.2) is 30.0 Å². The van der Waals surface area contributed by atoms with E-state index in [1.54, 1.807) is 28.8 Å². The van der Waals surface area contributed by atoms with E-state index in [1.165, 1.54) is 0 Å². The molecular formula is C23H27N3O3S. The fraction of sp³-hybridized carbons (Fsp3) is 0.348. The van der Waals surface area contributed by atoms with Crippen LogP contribution in [0.25, 0.3) is 0 Å². The average Bonchev–Trinajstić information content (AvgIpc) is 2.73. The van der Waals surface area contributed by atoms with E-state index in [-0.39, 0.29) is 36.5 Å². The van der Waals surface area contributed by atoms with Crippen molar-refractivity contribution in [2.45, 2.75) is 38.5 Å². The van der Waals surface area contributed by atoms with Gasteiger partial charge in [0.25, 0.3) is 0 Å². The third-order valence-electron chi connectivity index (χ3n) is 4.90. The second-order valence-electron chi connectivity index (χ2n) is 7.58. The van der Waals surface area contributed by atoms with Crippen LogP contribution >= 0.6 is 11.8 Å². The Hall–Kier alpha value is -2.80. The van der Waals surface area contributed by atoms with Crippen molar-refractivity contribution in [3.8, 4) is 0 Å². The Labute approximate surface area is 181 Å². The maximum Gasteiger partial charge on any atom is 0.227 e. The Bertz CT molecular complexity index is 958. The van der Waals surface area contributed by atoms with Gasteiger partial charge >= 0.3 is 0 Å². The molecule has 0 radical (unpaired) electrons. The third-order valence-corrected chi connectivity index (χ3v) is 5.94. The number of nitrogens with zero attached hydrogens (tertiary/aromatic N) is 1. The average molecular weight is 426 g/mol. The molecule has 3 amide bonds. The number of hydrogen-bond acceptors (Lipinski definition) is 4. The number of carbonyl (C=O) groups excluding carboxylic acids is 3. The van der Waals surface area contributed by atoms with Gasteiger partial charge < -0.3 is 15.5 Å². The molecule has 1 aliphatic rings. The van der Waals surface area contributed by atoms with E-state index in [2.05, 4.69) is 10.6 Å². The van der Waals surface area contributed by atoms with Gasteiger partial charge in [-0.1, -0.05) is 32.0 Å². The first-order valence-corrected chi connectivity index (χ1v) is 11.1. The lowest BCUT2D eigenvalue weighted by molar-refractivity contribution is -0.122. The number of benzene rings is 2. The highest BCUT2D eigenvalue weighted by Crippen LogP contribution is 2.34. The van der Waals surface area contributed by atoms with Gasteiger partial charge in [-0.15, -0.1) is 11.8 Å². The third kappa shape index (κ3) is 5.42. The topological polar surface area (TPSA) is 78.5 Å². The summed E-state index contributed by atoms with van der Waals surface area (Å²) in [6, 6.07) is 13.2. The quantitative estimate of drug-likeness (QED) is 0.717. The van der Waals surface area contributed by atoms with Gasteiger partial charge in [-0.25, -0.2) is 0 Å². The molecule has 1 aliphatic heterocycles. The second-order valence-corrected chi connectivity index (χ2v) is 8.72. The molecule has 1 heterocycles. The van der Waals surface area contributed by atoms with Crippen molar-refractivity contribution in [1.82, 2.24) is 0 Å². The number of para-hydroxylation sites is 1. The molecular weight excluding hydrogens is 398 g/mol. The molecule has 0 aliphatic carbocycles. The molecule has 0 atom stereocenters. The van der Waals surface area contributed by atoms with E-state index in [0.717, 1.165) is 21.9 Å². The second kappa shape index (κ2) is 9.80. The predicted octanol–water partition coefficient (Wildman–Crippen LogP) is 4.45. The number of amides is 3. The van der Waals surface area contributed by atoms with Crippen LogP contribution in [0.15, 0.2) is 47.4 Å². The van der Waals surface area contributed by atoms with E-state index >= 15 is 0 Å². The number of fused-ring (bicyclic) bond motifs is 1. The van der Waals surface area contributed by atoms with Gasteiger partial charge in [0.1, 0.15) is 0 Å². The zero-order valence-corrected chi connectivity index (χ0v) is 18.3. The molecule has 2 N–H and O–H groups in total. The minimum Gasteiger partial charge on any atom is -0.326 e. The van der Waals surface area contributed by atoms with E-state index < -0.39 is 0 Å². The van der Waals surface area contributed by atoms with E-state index in [1.807, 2.05) is 51.1 Å². The minimum absolute atomic E-state index is 0.0485. The van der Waals surface area contributed by atoms with Crippen molar-refractivity contribution in [2.75, 3.05) is 27.8 Å². The summed E-state index contributed by atoms with van der Waals surface area (Å²) in [6.07, 6.45) is 0.250. The number of rotatable bonds is 6. The maximum atomic E-state index is 12.7. The van der Waals surface area contributed by atoms with E-state index in [0.29, 0.717) is 17.9 Å². The van der Waals surface area contributed by atoms with Crippen molar-refractivity contribution < 1.29 is 14.4 Å². The molecule has 0 fully saturated rings. The lowest BCUT2D eigenvalue weighted by Crippen LogP contribution is -2.35. The molecule has 30 heavy (non-hydrogen) atoms. The van der Waals surface area contributed by atoms with Crippen LogP contribution in [0, 0.1) is 12.8 Å². The molecule has 0 saturated heterocycles. The standard InChI is InChI=1S/C23H27N3O3S/c1-15(2)23(29)24-17-9-8-16(3)18(14-17)25-21(27)10-11-22(28)26-12-13-30-20-7-5-4-6-19(20)26/h4-9,14-15H,10-13H2,1-3H3,(H,24,29)(H,25,27). The molecule has 0 spiro atoms. The summed E-state index contributed by atoms with van der Waals surface area (Å²) in [4.78, 5) is 39.9. The molecule has 0 bridgehead atoms. The normalized spacial score (nSPS) is 13.0. The van der Waals surface area contributed by atoms with Gasteiger partial charge in [-0.3, -0.25) is 14.4 Å². The summed E-state index contributed by atoms with van der Waals surface area (Å²) in [5, 5.41) is 5.70.